The van der Waals surface area contributed by atoms with Crippen LogP contribution in [0.3, 0.4) is 0 Å². The zero-order chi connectivity index (χ0) is 12.7. The van der Waals surface area contributed by atoms with Crippen LogP contribution in [0.2, 0.25) is 0 Å². The zero-order valence-electron chi connectivity index (χ0n) is 11.6. The second-order valence-corrected chi connectivity index (χ2v) is 5.12. The molecule has 1 rings (SSSR count). The fourth-order valence-corrected chi connectivity index (χ4v) is 1.82. The molecule has 0 aliphatic rings. The van der Waals surface area contributed by atoms with Gasteiger partial charge in [0, 0.05) is 12.6 Å². The van der Waals surface area contributed by atoms with E-state index in [1.54, 1.807) is 0 Å². The largest absolute Gasteiger partial charge is 0.311 e. The van der Waals surface area contributed by atoms with E-state index in [0.29, 0.717) is 6.04 Å². The fourth-order valence-electron chi connectivity index (χ4n) is 1.82. The highest BCUT2D eigenvalue weighted by Crippen LogP contribution is 2.08. The van der Waals surface area contributed by atoms with Crippen LogP contribution >= 0.6 is 0 Å². The van der Waals surface area contributed by atoms with Crippen LogP contribution in [0.25, 0.3) is 0 Å². The van der Waals surface area contributed by atoms with Gasteiger partial charge in [0.25, 0.3) is 0 Å². The van der Waals surface area contributed by atoms with Gasteiger partial charge in [0.05, 0.1) is 0 Å². The summed E-state index contributed by atoms with van der Waals surface area (Å²) in [4.78, 5) is 0. The summed E-state index contributed by atoms with van der Waals surface area (Å²) in [6.45, 7) is 9.67. The second-order valence-electron chi connectivity index (χ2n) is 5.12. The van der Waals surface area contributed by atoms with Gasteiger partial charge < -0.3 is 5.32 Å². The van der Waals surface area contributed by atoms with E-state index in [1.165, 1.54) is 23.1 Å². The van der Waals surface area contributed by atoms with Crippen LogP contribution in [0, 0.1) is 6.92 Å². The summed E-state index contributed by atoms with van der Waals surface area (Å²) >= 11 is 0. The highest BCUT2D eigenvalue weighted by Gasteiger charge is 2.01. The lowest BCUT2D eigenvalue weighted by atomic mass is 10.0. The average Bonchev–Trinajstić information content (AvgIpc) is 2.26. The maximum Gasteiger partial charge on any atom is 0.0139 e. The Bertz CT molecular complexity index is 362. The molecule has 0 heterocycles. The van der Waals surface area contributed by atoms with Crippen LogP contribution in [0.4, 0.5) is 0 Å². The van der Waals surface area contributed by atoms with Gasteiger partial charge in [-0.25, -0.2) is 0 Å². The van der Waals surface area contributed by atoms with Crippen LogP contribution in [-0.4, -0.2) is 12.6 Å². The minimum absolute atomic E-state index is 0.575. The Morgan fingerprint density at radius 3 is 2.76 bits per heavy atom. The third kappa shape index (κ3) is 6.28. The molecular formula is C16H25N. The van der Waals surface area contributed by atoms with Crippen molar-refractivity contribution in [3.05, 3.63) is 47.0 Å². The number of nitrogens with one attached hydrogen (secondary N) is 1. The van der Waals surface area contributed by atoms with Gasteiger partial charge in [-0.2, -0.15) is 0 Å². The lowest BCUT2D eigenvalue weighted by Gasteiger charge is -2.12. The summed E-state index contributed by atoms with van der Waals surface area (Å²) in [7, 11) is 0. The van der Waals surface area contributed by atoms with Crippen molar-refractivity contribution in [3.63, 3.8) is 0 Å². The van der Waals surface area contributed by atoms with Gasteiger partial charge in [0.1, 0.15) is 0 Å². The first kappa shape index (κ1) is 14.0. The molecule has 0 spiro atoms. The van der Waals surface area contributed by atoms with Gasteiger partial charge in [0.2, 0.25) is 0 Å². The minimum atomic E-state index is 0.575. The lowest BCUT2D eigenvalue weighted by Crippen LogP contribution is -2.26. The zero-order valence-corrected chi connectivity index (χ0v) is 11.6. The number of allylic oxidation sites excluding steroid dienone is 1. The van der Waals surface area contributed by atoms with E-state index in [9.17, 15) is 0 Å². The normalized spacial score (nSPS) is 12.2. The van der Waals surface area contributed by atoms with Crippen molar-refractivity contribution < 1.29 is 0 Å². The van der Waals surface area contributed by atoms with Gasteiger partial charge in [-0.05, 0) is 46.1 Å². The summed E-state index contributed by atoms with van der Waals surface area (Å²) in [6.07, 6.45) is 4.59. The smallest absolute Gasteiger partial charge is 0.0139 e. The molecule has 0 saturated carbocycles. The summed E-state index contributed by atoms with van der Waals surface area (Å²) in [5.41, 5.74) is 4.18. The molecule has 0 aliphatic carbocycles. The maximum absolute atomic E-state index is 3.52. The Kier molecular flexibility index (Phi) is 5.99. The molecule has 1 N–H and O–H groups in total. The van der Waals surface area contributed by atoms with E-state index in [0.717, 1.165) is 13.0 Å². The van der Waals surface area contributed by atoms with Gasteiger partial charge >= 0.3 is 0 Å². The van der Waals surface area contributed by atoms with Crippen LogP contribution in [0.1, 0.15) is 38.3 Å². The van der Waals surface area contributed by atoms with Gasteiger partial charge in [-0.1, -0.05) is 41.5 Å². The van der Waals surface area contributed by atoms with Crippen LogP contribution in [-0.2, 0) is 6.42 Å². The minimum Gasteiger partial charge on any atom is -0.311 e. The Labute approximate surface area is 106 Å². The Morgan fingerprint density at radius 1 is 1.35 bits per heavy atom. The van der Waals surface area contributed by atoms with Crippen molar-refractivity contribution in [3.8, 4) is 0 Å². The van der Waals surface area contributed by atoms with Crippen LogP contribution < -0.4 is 5.32 Å². The maximum atomic E-state index is 3.52. The number of hydrogen-bond donors (Lipinski definition) is 1. The molecule has 94 valence electrons. The molecule has 0 aromatic heterocycles. The Balaban J connectivity index is 2.28. The van der Waals surface area contributed by atoms with E-state index in [2.05, 4.69) is 63.4 Å². The van der Waals surface area contributed by atoms with Crippen molar-refractivity contribution in [2.45, 2.75) is 46.6 Å². The molecule has 1 aromatic rings. The summed E-state index contributed by atoms with van der Waals surface area (Å²) in [5.74, 6) is 0. The SMILES string of the molecule is CC(C)=CCNC(C)CCc1cccc(C)c1. The predicted octanol–water partition coefficient (Wildman–Crippen LogP) is 3.87. The number of rotatable bonds is 6. The number of hydrogen-bond acceptors (Lipinski definition) is 1. The Hall–Kier alpha value is -1.08. The predicted molar refractivity (Wildman–Crippen MR) is 76.4 cm³/mol. The molecule has 0 amide bonds. The van der Waals surface area contributed by atoms with E-state index in [1.807, 2.05) is 0 Å². The van der Waals surface area contributed by atoms with Gasteiger partial charge in [0.15, 0.2) is 0 Å². The molecule has 1 aromatic carbocycles. The monoisotopic (exact) mass is 231 g/mol. The number of benzene rings is 1. The van der Waals surface area contributed by atoms with Crippen molar-refractivity contribution in [2.24, 2.45) is 0 Å². The van der Waals surface area contributed by atoms with Gasteiger partial charge in [-0.15, -0.1) is 0 Å². The van der Waals surface area contributed by atoms with E-state index >= 15 is 0 Å². The molecule has 0 bridgehead atoms. The molecule has 1 unspecified atom stereocenters. The fraction of sp³-hybridized carbons (Fsp3) is 0.500. The lowest BCUT2D eigenvalue weighted by molar-refractivity contribution is 0.542. The second kappa shape index (κ2) is 7.29. The van der Waals surface area contributed by atoms with E-state index in [-0.39, 0.29) is 0 Å². The standard InChI is InChI=1S/C16H25N/c1-13(2)10-11-17-15(4)8-9-16-7-5-6-14(3)12-16/h5-7,10,12,15,17H,8-9,11H2,1-4H3. The molecule has 0 saturated heterocycles. The van der Waals surface area contributed by atoms with E-state index < -0.39 is 0 Å². The van der Waals surface area contributed by atoms with Crippen LogP contribution in [0.15, 0.2) is 35.9 Å². The molecule has 1 nitrogen and oxygen atoms in total. The molecule has 1 heteroatoms. The van der Waals surface area contributed by atoms with Crippen LogP contribution in [0.5, 0.6) is 0 Å². The first-order chi connectivity index (χ1) is 8.08. The first-order valence-electron chi connectivity index (χ1n) is 6.50. The highest BCUT2D eigenvalue weighted by molar-refractivity contribution is 5.22. The summed E-state index contributed by atoms with van der Waals surface area (Å²) < 4.78 is 0. The molecule has 0 aliphatic heterocycles. The van der Waals surface area contributed by atoms with E-state index in [4.69, 9.17) is 0 Å². The third-order valence-corrected chi connectivity index (χ3v) is 2.93. The van der Waals surface area contributed by atoms with Crippen molar-refractivity contribution in [1.82, 2.24) is 5.32 Å². The quantitative estimate of drug-likeness (QED) is 0.733. The molecule has 0 fully saturated rings. The Morgan fingerprint density at radius 2 is 2.12 bits per heavy atom. The summed E-state index contributed by atoms with van der Waals surface area (Å²) in [5, 5.41) is 3.52. The van der Waals surface area contributed by atoms with Crippen molar-refractivity contribution >= 4 is 0 Å². The average molecular weight is 231 g/mol. The number of aryl methyl sites for hydroxylation is 2. The first-order valence-corrected chi connectivity index (χ1v) is 6.50. The summed E-state index contributed by atoms with van der Waals surface area (Å²) in [6, 6.07) is 9.37. The third-order valence-electron chi connectivity index (χ3n) is 2.93. The molecule has 1 atom stereocenters. The molecular weight excluding hydrogens is 206 g/mol. The molecule has 0 radical (unpaired) electrons. The molecule has 17 heavy (non-hydrogen) atoms. The van der Waals surface area contributed by atoms with Crippen molar-refractivity contribution in [2.75, 3.05) is 6.54 Å². The van der Waals surface area contributed by atoms with Crippen molar-refractivity contribution in [1.29, 1.82) is 0 Å². The topological polar surface area (TPSA) is 12.0 Å². The highest BCUT2D eigenvalue weighted by atomic mass is 14.9. The van der Waals surface area contributed by atoms with Gasteiger partial charge in [-0.3, -0.25) is 0 Å².